The van der Waals surface area contributed by atoms with Crippen molar-refractivity contribution in [3.8, 4) is 5.69 Å². The molecule has 51 heavy (non-hydrogen) atoms. The summed E-state index contributed by atoms with van der Waals surface area (Å²) in [5.74, 6) is 0. The van der Waals surface area contributed by atoms with Crippen LogP contribution in [0.15, 0.2) is 182 Å². The third kappa shape index (κ3) is 4.22. The van der Waals surface area contributed by atoms with Crippen LogP contribution in [0.2, 0.25) is 0 Å². The number of aromatic nitrogens is 1. The molecule has 0 aliphatic heterocycles. The maximum absolute atomic E-state index is 2.55. The average Bonchev–Trinajstić information content (AvgIpc) is 3.75. The fraction of sp³-hybridized carbons (Fsp3) is 0. The van der Waals surface area contributed by atoms with E-state index in [-0.39, 0.29) is 0 Å². The minimum atomic E-state index is 1.13. The molecule has 0 atom stereocenters. The largest absolute Gasteiger partial charge is 0.310 e. The van der Waals surface area contributed by atoms with Crippen molar-refractivity contribution in [3.63, 3.8) is 0 Å². The summed E-state index contributed by atoms with van der Waals surface area (Å²) >= 11 is 1.91. The van der Waals surface area contributed by atoms with Gasteiger partial charge in [-0.2, -0.15) is 0 Å². The molecule has 11 rings (SSSR count). The van der Waals surface area contributed by atoms with Crippen LogP contribution in [0, 0.1) is 0 Å². The molecule has 0 radical (unpaired) electrons. The first kappa shape index (κ1) is 28.4. The number of fused-ring (bicyclic) bond motifs is 12. The van der Waals surface area contributed by atoms with Gasteiger partial charge < -0.3 is 9.47 Å². The van der Waals surface area contributed by atoms with Crippen molar-refractivity contribution in [1.29, 1.82) is 0 Å². The van der Waals surface area contributed by atoms with Crippen LogP contribution in [-0.2, 0) is 0 Å². The highest BCUT2D eigenvalue weighted by Crippen LogP contribution is 2.49. The molecule has 0 amide bonds. The molecule has 2 aromatic heterocycles. The number of anilines is 3. The number of rotatable bonds is 4. The fourth-order valence-corrected chi connectivity index (χ4v) is 9.56. The molecule has 238 valence electrons. The summed E-state index contributed by atoms with van der Waals surface area (Å²) in [4.78, 5) is 2.40. The van der Waals surface area contributed by atoms with E-state index < -0.39 is 0 Å². The van der Waals surface area contributed by atoms with Crippen molar-refractivity contribution < 1.29 is 0 Å². The third-order valence-electron chi connectivity index (χ3n) is 10.5. The summed E-state index contributed by atoms with van der Waals surface area (Å²) in [5.41, 5.74) is 7.05. The van der Waals surface area contributed by atoms with Gasteiger partial charge in [-0.25, -0.2) is 0 Å². The second kappa shape index (κ2) is 11.0. The Morgan fingerprint density at radius 2 is 1.02 bits per heavy atom. The second-order valence-corrected chi connectivity index (χ2v) is 14.4. The van der Waals surface area contributed by atoms with Crippen LogP contribution in [0.5, 0.6) is 0 Å². The van der Waals surface area contributed by atoms with E-state index in [1.807, 2.05) is 11.3 Å². The quantitative estimate of drug-likeness (QED) is 0.181. The number of hydrogen-bond acceptors (Lipinski definition) is 2. The van der Waals surface area contributed by atoms with E-state index in [0.29, 0.717) is 0 Å². The minimum Gasteiger partial charge on any atom is -0.310 e. The number of thiophene rings is 1. The second-order valence-electron chi connectivity index (χ2n) is 13.3. The van der Waals surface area contributed by atoms with Gasteiger partial charge >= 0.3 is 0 Å². The summed E-state index contributed by atoms with van der Waals surface area (Å²) in [7, 11) is 0. The van der Waals surface area contributed by atoms with Gasteiger partial charge in [0, 0.05) is 48.7 Å². The molecule has 9 aromatic carbocycles. The molecule has 0 saturated heterocycles. The zero-order valence-electron chi connectivity index (χ0n) is 27.6. The summed E-state index contributed by atoms with van der Waals surface area (Å²) in [6, 6.07) is 66.6. The maximum atomic E-state index is 2.55. The van der Waals surface area contributed by atoms with Gasteiger partial charge in [0.05, 0.1) is 21.4 Å². The van der Waals surface area contributed by atoms with E-state index in [1.54, 1.807) is 0 Å². The lowest BCUT2D eigenvalue weighted by Crippen LogP contribution is -2.09. The molecule has 0 N–H and O–H groups in total. The number of hydrogen-bond donors (Lipinski definition) is 0. The van der Waals surface area contributed by atoms with E-state index in [9.17, 15) is 0 Å². The smallest absolute Gasteiger partial charge is 0.0726 e. The van der Waals surface area contributed by atoms with Gasteiger partial charge in [0.25, 0.3) is 0 Å². The Kier molecular flexibility index (Phi) is 6.16. The zero-order valence-corrected chi connectivity index (χ0v) is 28.4. The first-order valence-corrected chi connectivity index (χ1v) is 18.3. The molecule has 2 heterocycles. The van der Waals surface area contributed by atoms with Crippen LogP contribution in [0.25, 0.3) is 80.0 Å². The highest BCUT2D eigenvalue weighted by molar-refractivity contribution is 7.27. The molecule has 0 aliphatic carbocycles. The van der Waals surface area contributed by atoms with Crippen LogP contribution in [-0.4, -0.2) is 4.57 Å². The Morgan fingerprint density at radius 3 is 1.86 bits per heavy atom. The SMILES string of the molecule is c1ccc(N(c2ccc3ccccc3c2)c2ccc3c(c2)c2c4ccccc4c4c5ccccc5sc4c2n3-c2cccc3ccccc23)cc1. The Labute approximate surface area is 298 Å². The molecule has 0 unspecified atom stereocenters. The highest BCUT2D eigenvalue weighted by Gasteiger charge is 2.24. The fourth-order valence-electron chi connectivity index (χ4n) is 8.30. The van der Waals surface area contributed by atoms with Crippen LogP contribution >= 0.6 is 11.3 Å². The third-order valence-corrected chi connectivity index (χ3v) is 11.7. The number of para-hydroxylation sites is 1. The molecule has 0 bridgehead atoms. The summed E-state index contributed by atoms with van der Waals surface area (Å²) in [6.45, 7) is 0. The summed E-state index contributed by atoms with van der Waals surface area (Å²) in [6.07, 6.45) is 0. The molecule has 2 nitrogen and oxygen atoms in total. The van der Waals surface area contributed by atoms with Gasteiger partial charge in [-0.15, -0.1) is 11.3 Å². The first-order valence-electron chi connectivity index (χ1n) is 17.4. The van der Waals surface area contributed by atoms with E-state index in [4.69, 9.17) is 0 Å². The van der Waals surface area contributed by atoms with Crippen molar-refractivity contribution in [2.75, 3.05) is 4.90 Å². The Bertz CT molecular complexity index is 3150. The van der Waals surface area contributed by atoms with Gasteiger partial charge in [0.1, 0.15) is 0 Å². The van der Waals surface area contributed by atoms with Gasteiger partial charge in [0.2, 0.25) is 0 Å². The lowest BCUT2D eigenvalue weighted by atomic mass is 9.98. The first-order chi connectivity index (χ1) is 25.3. The molecule has 3 heteroatoms. The molecule has 0 saturated carbocycles. The number of benzene rings is 9. The standard InChI is InChI=1S/C48H30N2S/c1-2-17-34(18-3-1)49(35-26-25-31-13-4-5-15-33(31)29-35)36-27-28-43-41(30-36)45-38-20-8-9-21-39(38)46-40-22-10-11-24-44(40)51-48(46)47(45)50(43)42-23-12-16-32-14-6-7-19-37(32)42/h1-30H. The monoisotopic (exact) mass is 666 g/mol. The Morgan fingerprint density at radius 1 is 0.392 bits per heavy atom. The van der Waals surface area contributed by atoms with E-state index in [1.165, 1.54) is 80.0 Å². The van der Waals surface area contributed by atoms with Crippen molar-refractivity contribution >= 4 is 103 Å². The van der Waals surface area contributed by atoms with E-state index >= 15 is 0 Å². The molecular weight excluding hydrogens is 637 g/mol. The van der Waals surface area contributed by atoms with Crippen molar-refractivity contribution in [3.05, 3.63) is 182 Å². The van der Waals surface area contributed by atoms with Gasteiger partial charge in [-0.3, -0.25) is 0 Å². The van der Waals surface area contributed by atoms with Crippen molar-refractivity contribution in [2.45, 2.75) is 0 Å². The van der Waals surface area contributed by atoms with Crippen molar-refractivity contribution in [2.24, 2.45) is 0 Å². The normalized spacial score (nSPS) is 11.9. The average molecular weight is 667 g/mol. The van der Waals surface area contributed by atoms with Gasteiger partial charge in [-0.1, -0.05) is 127 Å². The number of nitrogens with zero attached hydrogens (tertiary/aromatic N) is 2. The predicted molar refractivity (Wildman–Crippen MR) is 221 cm³/mol. The molecule has 0 spiro atoms. The summed E-state index contributed by atoms with van der Waals surface area (Å²) < 4.78 is 5.18. The van der Waals surface area contributed by atoms with Crippen molar-refractivity contribution in [1.82, 2.24) is 4.57 Å². The highest BCUT2D eigenvalue weighted by atomic mass is 32.1. The molecule has 11 aromatic rings. The summed E-state index contributed by atoms with van der Waals surface area (Å²) in [5, 5.41) is 12.7. The van der Waals surface area contributed by atoms with Crippen LogP contribution in [0.4, 0.5) is 17.1 Å². The van der Waals surface area contributed by atoms with Crippen LogP contribution in [0.1, 0.15) is 0 Å². The molecule has 0 fully saturated rings. The zero-order chi connectivity index (χ0) is 33.5. The minimum absolute atomic E-state index is 1.13. The predicted octanol–water partition coefficient (Wildman–Crippen LogP) is 14.1. The lowest BCUT2D eigenvalue weighted by Gasteiger charge is -2.26. The van der Waals surface area contributed by atoms with E-state index in [2.05, 4.69) is 191 Å². The topological polar surface area (TPSA) is 8.17 Å². The van der Waals surface area contributed by atoms with Crippen LogP contribution in [0.3, 0.4) is 0 Å². The van der Waals surface area contributed by atoms with Crippen LogP contribution < -0.4 is 4.90 Å². The van der Waals surface area contributed by atoms with Gasteiger partial charge in [-0.05, 0) is 81.5 Å². The Balaban J connectivity index is 1.31. The molecular formula is C48H30N2S. The molecule has 0 aliphatic rings. The maximum Gasteiger partial charge on any atom is 0.0726 e. The van der Waals surface area contributed by atoms with E-state index in [0.717, 1.165) is 17.1 Å². The van der Waals surface area contributed by atoms with Gasteiger partial charge in [0.15, 0.2) is 0 Å². The lowest BCUT2D eigenvalue weighted by molar-refractivity contribution is 1.20. The Hall–Kier alpha value is -6.42.